The summed E-state index contributed by atoms with van der Waals surface area (Å²) < 4.78 is 31.9. The van der Waals surface area contributed by atoms with E-state index in [0.29, 0.717) is 44.1 Å². The first-order chi connectivity index (χ1) is 20.3. The summed E-state index contributed by atoms with van der Waals surface area (Å²) in [6.07, 6.45) is 2.39. The van der Waals surface area contributed by atoms with Crippen LogP contribution in [0.1, 0.15) is 5.69 Å². The maximum Gasteiger partial charge on any atom is 0.247 e. The third-order valence-electron chi connectivity index (χ3n) is 6.99. The molecule has 1 amide bonds. The Kier molecular flexibility index (Phi) is 8.52. The molecule has 0 aliphatic carbocycles. The van der Waals surface area contributed by atoms with Gasteiger partial charge >= 0.3 is 0 Å². The maximum absolute atomic E-state index is 15.2. The molecule has 1 aliphatic rings. The van der Waals surface area contributed by atoms with Gasteiger partial charge in [-0.05, 0) is 36.4 Å². The Morgan fingerprint density at radius 2 is 1.86 bits per heavy atom. The van der Waals surface area contributed by atoms with E-state index >= 15 is 8.78 Å². The van der Waals surface area contributed by atoms with Crippen LogP contribution in [0.2, 0.25) is 0 Å². The van der Waals surface area contributed by atoms with Gasteiger partial charge in [0.15, 0.2) is 22.7 Å². The number of carbonyl (C=O) groups excluding carboxylic acids is 1. The van der Waals surface area contributed by atoms with Crippen molar-refractivity contribution in [1.82, 2.24) is 19.4 Å². The number of aliphatic hydroxyl groups excluding tert-OH is 2. The van der Waals surface area contributed by atoms with Crippen molar-refractivity contribution in [3.8, 4) is 5.69 Å². The number of piperazine rings is 1. The van der Waals surface area contributed by atoms with E-state index in [-0.39, 0.29) is 40.7 Å². The molecule has 2 aromatic heterocycles. The average molecular weight is 578 g/mol. The highest BCUT2D eigenvalue weighted by Crippen LogP contribution is 2.30. The first-order valence-electron chi connectivity index (χ1n) is 13.2. The monoisotopic (exact) mass is 577 g/mol. The molecule has 218 valence electrons. The number of nitrogens with one attached hydrogen (secondary N) is 2. The van der Waals surface area contributed by atoms with E-state index in [0.717, 1.165) is 6.08 Å². The van der Waals surface area contributed by atoms with E-state index < -0.39 is 29.6 Å². The Morgan fingerprint density at radius 1 is 1.07 bits per heavy atom. The topological polar surface area (TPSA) is 136 Å². The third-order valence-corrected chi connectivity index (χ3v) is 6.99. The lowest BCUT2D eigenvalue weighted by atomic mass is 10.2. The highest BCUT2D eigenvalue weighted by atomic mass is 19.2. The predicted octanol–water partition coefficient (Wildman–Crippen LogP) is 2.53. The molecular weight excluding hydrogens is 548 g/mol. The Morgan fingerprint density at radius 3 is 2.57 bits per heavy atom. The number of nitrogens with zero attached hydrogens (tertiary/aromatic N) is 5. The van der Waals surface area contributed by atoms with Crippen molar-refractivity contribution in [3.63, 3.8) is 0 Å². The fourth-order valence-electron chi connectivity index (χ4n) is 4.88. The zero-order chi connectivity index (χ0) is 29.8. The SMILES string of the molecule is C=CC(=O)Nc1cccc(-n2c(CO)cc(=O)c3cnc(Nc4ccc(N5CCN(CCO)CC5)c(F)c4F)nc32)c1. The van der Waals surface area contributed by atoms with Gasteiger partial charge in [0.25, 0.3) is 0 Å². The zero-order valence-corrected chi connectivity index (χ0v) is 22.6. The molecule has 0 spiro atoms. The highest BCUT2D eigenvalue weighted by molar-refractivity contribution is 5.99. The normalized spacial score (nSPS) is 13.8. The minimum absolute atomic E-state index is 0.0397. The number of aliphatic hydroxyl groups is 2. The van der Waals surface area contributed by atoms with Crippen molar-refractivity contribution in [3.05, 3.63) is 88.9 Å². The van der Waals surface area contributed by atoms with Crippen LogP contribution in [0, 0.1) is 11.6 Å². The van der Waals surface area contributed by atoms with E-state index in [9.17, 15) is 14.7 Å². The molecule has 1 aliphatic heterocycles. The first-order valence-corrected chi connectivity index (χ1v) is 13.2. The van der Waals surface area contributed by atoms with Crippen LogP contribution in [0.25, 0.3) is 16.7 Å². The molecule has 13 heteroatoms. The first kappa shape index (κ1) is 28.8. The Bertz CT molecular complexity index is 1700. The van der Waals surface area contributed by atoms with Gasteiger partial charge in [0.2, 0.25) is 11.9 Å². The standard InChI is InChI=1S/C29H29F2N7O4/c1-2-25(42)33-18-4-3-5-19(14-18)38-20(17-40)15-24(41)21-16-32-29(35-28(21)38)34-22-6-7-23(27(31)26(22)30)37-10-8-36(9-11-37)12-13-39/h2-7,14-16,39-40H,1,8-13,17H2,(H,33,42)(H,32,34,35). The number of halogens is 2. The summed E-state index contributed by atoms with van der Waals surface area (Å²) in [4.78, 5) is 37.0. The molecule has 0 saturated carbocycles. The number of amides is 1. The minimum atomic E-state index is -1.11. The number of hydrogen-bond donors (Lipinski definition) is 4. The number of anilines is 4. The van der Waals surface area contributed by atoms with Crippen LogP contribution in [0.3, 0.4) is 0 Å². The molecular formula is C29H29F2N7O4. The summed E-state index contributed by atoms with van der Waals surface area (Å²) in [7, 11) is 0. The van der Waals surface area contributed by atoms with Crippen molar-refractivity contribution >= 4 is 40.0 Å². The van der Waals surface area contributed by atoms with E-state index in [1.54, 1.807) is 29.2 Å². The van der Waals surface area contributed by atoms with E-state index in [1.807, 2.05) is 4.90 Å². The van der Waals surface area contributed by atoms with Crippen molar-refractivity contribution < 1.29 is 23.8 Å². The molecule has 11 nitrogen and oxygen atoms in total. The van der Waals surface area contributed by atoms with Crippen LogP contribution in [-0.4, -0.2) is 74.9 Å². The maximum atomic E-state index is 15.2. The summed E-state index contributed by atoms with van der Waals surface area (Å²) >= 11 is 0. The average Bonchev–Trinajstić information content (AvgIpc) is 3.00. The second kappa shape index (κ2) is 12.4. The number of fused-ring (bicyclic) bond motifs is 1. The highest BCUT2D eigenvalue weighted by Gasteiger charge is 2.23. The fraction of sp³-hybridized carbons (Fsp3) is 0.241. The summed E-state index contributed by atoms with van der Waals surface area (Å²) in [6.45, 7) is 5.72. The van der Waals surface area contributed by atoms with Crippen molar-refractivity contribution in [2.75, 3.05) is 54.9 Å². The molecule has 4 aromatic rings. The zero-order valence-electron chi connectivity index (χ0n) is 22.6. The lowest BCUT2D eigenvalue weighted by Crippen LogP contribution is -2.47. The number of carbonyl (C=O) groups is 1. The van der Waals surface area contributed by atoms with E-state index in [2.05, 4.69) is 27.2 Å². The second-order valence-electron chi connectivity index (χ2n) is 9.61. The number of pyridine rings is 1. The van der Waals surface area contributed by atoms with Gasteiger partial charge in [0.1, 0.15) is 0 Å². The van der Waals surface area contributed by atoms with Crippen LogP contribution in [0.5, 0.6) is 0 Å². The lowest BCUT2D eigenvalue weighted by Gasteiger charge is -2.36. The summed E-state index contributed by atoms with van der Waals surface area (Å²) in [6, 6.07) is 10.8. The third kappa shape index (κ3) is 5.84. The summed E-state index contributed by atoms with van der Waals surface area (Å²) in [5.41, 5.74) is 0.721. The second-order valence-corrected chi connectivity index (χ2v) is 9.61. The quantitative estimate of drug-likeness (QED) is 0.221. The summed E-state index contributed by atoms with van der Waals surface area (Å²) in [5.74, 6) is -2.65. The number of aromatic nitrogens is 3. The van der Waals surface area contributed by atoms with Crippen LogP contribution >= 0.6 is 0 Å². The van der Waals surface area contributed by atoms with Crippen LogP contribution < -0.4 is 21.0 Å². The van der Waals surface area contributed by atoms with Gasteiger partial charge in [-0.15, -0.1) is 0 Å². The van der Waals surface area contributed by atoms with Gasteiger partial charge in [0.05, 0.1) is 35.7 Å². The molecule has 0 bridgehead atoms. The molecule has 0 radical (unpaired) electrons. The summed E-state index contributed by atoms with van der Waals surface area (Å²) in [5, 5.41) is 24.7. The van der Waals surface area contributed by atoms with Crippen LogP contribution in [0.4, 0.5) is 31.8 Å². The molecule has 3 heterocycles. The Labute approximate surface area is 239 Å². The number of β-amino-alcohol motifs (C(OH)–C–C–N with tert-alkyl or cyclic N) is 1. The Balaban J connectivity index is 1.49. The van der Waals surface area contributed by atoms with Crippen molar-refractivity contribution in [1.29, 1.82) is 0 Å². The number of benzene rings is 2. The van der Waals surface area contributed by atoms with Crippen molar-refractivity contribution in [2.24, 2.45) is 0 Å². The molecule has 0 atom stereocenters. The molecule has 5 rings (SSSR count). The van der Waals surface area contributed by atoms with E-state index in [1.165, 1.54) is 29.0 Å². The fourth-order valence-corrected chi connectivity index (χ4v) is 4.88. The number of rotatable bonds is 9. The van der Waals surface area contributed by atoms with Gasteiger partial charge in [-0.2, -0.15) is 4.98 Å². The Hall–Kier alpha value is -4.72. The van der Waals surface area contributed by atoms with Gasteiger partial charge in [-0.3, -0.25) is 19.1 Å². The molecule has 2 aromatic carbocycles. The van der Waals surface area contributed by atoms with Gasteiger partial charge in [0, 0.05) is 56.4 Å². The van der Waals surface area contributed by atoms with Crippen LogP contribution in [0.15, 0.2) is 66.1 Å². The largest absolute Gasteiger partial charge is 0.395 e. The van der Waals surface area contributed by atoms with Gasteiger partial charge in [-0.25, -0.2) is 13.8 Å². The molecule has 0 unspecified atom stereocenters. The van der Waals surface area contributed by atoms with Gasteiger partial charge < -0.3 is 25.7 Å². The molecule has 42 heavy (non-hydrogen) atoms. The molecule has 1 fully saturated rings. The van der Waals surface area contributed by atoms with Crippen LogP contribution in [-0.2, 0) is 11.4 Å². The smallest absolute Gasteiger partial charge is 0.247 e. The molecule has 4 N–H and O–H groups in total. The minimum Gasteiger partial charge on any atom is -0.395 e. The molecule has 1 saturated heterocycles. The predicted molar refractivity (Wildman–Crippen MR) is 155 cm³/mol. The van der Waals surface area contributed by atoms with Crippen molar-refractivity contribution in [2.45, 2.75) is 6.61 Å². The van der Waals surface area contributed by atoms with E-state index in [4.69, 9.17) is 5.11 Å². The number of hydrogen-bond acceptors (Lipinski definition) is 9. The van der Waals surface area contributed by atoms with Gasteiger partial charge in [-0.1, -0.05) is 12.6 Å². The lowest BCUT2D eigenvalue weighted by molar-refractivity contribution is -0.111.